The molecule has 0 heterocycles. The maximum atomic E-state index is 13.1. The maximum Gasteiger partial charge on any atom is 0.321 e. The number of hydrogen-bond donors (Lipinski definition) is 2. The number of amides is 6. The third kappa shape index (κ3) is 8.94. The Kier molecular flexibility index (Phi) is 11.8. The quantitative estimate of drug-likeness (QED) is 0.489. The maximum absolute atomic E-state index is 13.1. The predicted molar refractivity (Wildman–Crippen MR) is 118 cm³/mol. The largest absolute Gasteiger partial charge is 0.351 e. The first-order valence-corrected chi connectivity index (χ1v) is 10.6. The molecule has 0 radical (unpaired) electrons. The number of nitrogens with two attached hydrogens (primary N) is 1. The first-order chi connectivity index (χ1) is 14.2. The molecule has 3 N–H and O–H groups in total. The molecule has 10 heteroatoms. The van der Waals surface area contributed by atoms with Gasteiger partial charge in [0.05, 0.1) is 6.54 Å². The first kappa shape index (κ1) is 28.4. The van der Waals surface area contributed by atoms with Crippen molar-refractivity contribution in [2.24, 2.45) is 17.6 Å². The summed E-state index contributed by atoms with van der Waals surface area (Å²) in [5.41, 5.74) is 5.18. The number of hydrogen-bond acceptors (Lipinski definition) is 5. The standard InChI is InChI=1S/C21H39N5O5/c1-9-10-16(27)24(6)12-17(28)25(7)15(11-13(2)3)19(29)23-18(14(4)5)20(30)26(8)21(22)31/h13-15,18H,9-12H2,1-8H3,(H2,22,31)(H,23,29). The Balaban J connectivity index is 5.53. The van der Waals surface area contributed by atoms with Gasteiger partial charge < -0.3 is 20.9 Å². The minimum absolute atomic E-state index is 0.0898. The van der Waals surface area contributed by atoms with Crippen LogP contribution in [0.4, 0.5) is 4.79 Å². The molecular weight excluding hydrogens is 402 g/mol. The van der Waals surface area contributed by atoms with Gasteiger partial charge in [0.15, 0.2) is 0 Å². The molecule has 0 aromatic carbocycles. The highest BCUT2D eigenvalue weighted by Gasteiger charge is 2.34. The minimum Gasteiger partial charge on any atom is -0.351 e. The van der Waals surface area contributed by atoms with Gasteiger partial charge in [0.25, 0.3) is 5.91 Å². The van der Waals surface area contributed by atoms with Gasteiger partial charge in [0, 0.05) is 27.6 Å². The van der Waals surface area contributed by atoms with Crippen molar-refractivity contribution in [3.8, 4) is 0 Å². The highest BCUT2D eigenvalue weighted by molar-refractivity contribution is 5.99. The average Bonchev–Trinajstić information content (AvgIpc) is 2.67. The van der Waals surface area contributed by atoms with Crippen molar-refractivity contribution in [1.82, 2.24) is 20.0 Å². The molecule has 0 aliphatic heterocycles. The smallest absolute Gasteiger partial charge is 0.321 e. The molecule has 0 saturated carbocycles. The topological polar surface area (TPSA) is 133 Å². The van der Waals surface area contributed by atoms with Gasteiger partial charge in [-0.15, -0.1) is 0 Å². The van der Waals surface area contributed by atoms with Crippen molar-refractivity contribution in [3.05, 3.63) is 0 Å². The summed E-state index contributed by atoms with van der Waals surface area (Å²) in [6, 6.07) is -2.73. The van der Waals surface area contributed by atoms with Crippen molar-refractivity contribution in [2.75, 3.05) is 27.7 Å². The Morgan fingerprint density at radius 1 is 0.935 bits per heavy atom. The molecule has 10 nitrogen and oxygen atoms in total. The van der Waals surface area contributed by atoms with Gasteiger partial charge in [-0.1, -0.05) is 34.6 Å². The SMILES string of the molecule is CCCC(=O)N(C)CC(=O)N(C)C(CC(C)C)C(=O)NC(C(=O)N(C)C(N)=O)C(C)C. The second kappa shape index (κ2) is 12.9. The molecule has 178 valence electrons. The number of carbonyl (C=O) groups is 5. The fourth-order valence-electron chi connectivity index (χ4n) is 2.95. The molecule has 0 aromatic rings. The zero-order chi connectivity index (χ0) is 24.5. The predicted octanol–water partition coefficient (Wildman–Crippen LogP) is 0.796. The third-order valence-electron chi connectivity index (χ3n) is 5.01. The molecule has 31 heavy (non-hydrogen) atoms. The van der Waals surface area contributed by atoms with E-state index in [-0.39, 0.29) is 30.2 Å². The summed E-state index contributed by atoms with van der Waals surface area (Å²) in [4.78, 5) is 65.2. The van der Waals surface area contributed by atoms with E-state index >= 15 is 0 Å². The van der Waals surface area contributed by atoms with Crippen LogP contribution in [0, 0.1) is 11.8 Å². The number of carbonyl (C=O) groups excluding carboxylic acids is 5. The van der Waals surface area contributed by atoms with Crippen molar-refractivity contribution in [3.63, 3.8) is 0 Å². The van der Waals surface area contributed by atoms with Crippen LogP contribution in [0.15, 0.2) is 0 Å². The number of nitrogens with one attached hydrogen (secondary N) is 1. The Hall–Kier alpha value is -2.65. The second-order valence-electron chi connectivity index (χ2n) is 8.62. The molecule has 2 unspecified atom stereocenters. The van der Waals surface area contributed by atoms with Crippen LogP contribution >= 0.6 is 0 Å². The highest BCUT2D eigenvalue weighted by Crippen LogP contribution is 2.14. The zero-order valence-electron chi connectivity index (χ0n) is 20.1. The number of nitrogens with zero attached hydrogens (tertiary/aromatic N) is 3. The Labute approximate surface area is 185 Å². The van der Waals surface area contributed by atoms with E-state index in [4.69, 9.17) is 5.73 Å². The summed E-state index contributed by atoms with van der Waals surface area (Å²) in [6.07, 6.45) is 1.39. The lowest BCUT2D eigenvalue weighted by Gasteiger charge is -2.32. The van der Waals surface area contributed by atoms with Crippen LogP contribution in [-0.2, 0) is 19.2 Å². The molecular formula is C21H39N5O5. The lowest BCUT2D eigenvalue weighted by Crippen LogP contribution is -2.58. The van der Waals surface area contributed by atoms with Crippen LogP contribution in [0.1, 0.15) is 53.9 Å². The second-order valence-corrected chi connectivity index (χ2v) is 8.62. The summed E-state index contributed by atoms with van der Waals surface area (Å²) < 4.78 is 0. The number of likely N-dealkylation sites (N-methyl/N-ethyl adjacent to an activating group) is 3. The van der Waals surface area contributed by atoms with E-state index in [2.05, 4.69) is 5.32 Å². The highest BCUT2D eigenvalue weighted by atomic mass is 16.2. The first-order valence-electron chi connectivity index (χ1n) is 10.6. The normalized spacial score (nSPS) is 12.8. The molecule has 6 amide bonds. The Morgan fingerprint density at radius 3 is 1.90 bits per heavy atom. The van der Waals surface area contributed by atoms with Gasteiger partial charge in [0.1, 0.15) is 12.1 Å². The molecule has 0 bridgehead atoms. The van der Waals surface area contributed by atoms with E-state index in [0.717, 1.165) is 4.90 Å². The number of urea groups is 1. The molecule has 0 aliphatic carbocycles. The van der Waals surface area contributed by atoms with Crippen molar-refractivity contribution in [1.29, 1.82) is 0 Å². The molecule has 0 fully saturated rings. The van der Waals surface area contributed by atoms with Gasteiger partial charge in [-0.2, -0.15) is 0 Å². The summed E-state index contributed by atoms with van der Waals surface area (Å²) in [5.74, 6) is -1.87. The lowest BCUT2D eigenvalue weighted by molar-refractivity contribution is -0.144. The number of primary amides is 1. The van der Waals surface area contributed by atoms with Crippen LogP contribution in [-0.4, -0.2) is 84.1 Å². The Morgan fingerprint density at radius 2 is 1.48 bits per heavy atom. The average molecular weight is 442 g/mol. The van der Waals surface area contributed by atoms with Crippen LogP contribution in [0.5, 0.6) is 0 Å². The van der Waals surface area contributed by atoms with Crippen molar-refractivity contribution < 1.29 is 24.0 Å². The number of imide groups is 1. The zero-order valence-corrected chi connectivity index (χ0v) is 20.1. The molecule has 0 spiro atoms. The van der Waals surface area contributed by atoms with Crippen molar-refractivity contribution in [2.45, 2.75) is 66.0 Å². The van der Waals surface area contributed by atoms with Crippen LogP contribution in [0.3, 0.4) is 0 Å². The Bertz CT molecular complexity index is 665. The molecule has 0 aliphatic rings. The minimum atomic E-state index is -0.975. The van der Waals surface area contributed by atoms with Crippen LogP contribution in [0.2, 0.25) is 0 Å². The summed E-state index contributed by atoms with van der Waals surface area (Å²) in [5, 5.41) is 2.68. The van der Waals surface area contributed by atoms with Crippen LogP contribution < -0.4 is 11.1 Å². The summed E-state index contributed by atoms with van der Waals surface area (Å²) >= 11 is 0. The fraction of sp³-hybridized carbons (Fsp3) is 0.762. The van der Waals surface area contributed by atoms with E-state index in [1.165, 1.54) is 23.9 Å². The monoisotopic (exact) mass is 441 g/mol. The molecule has 2 atom stereocenters. The molecule has 0 saturated heterocycles. The third-order valence-corrected chi connectivity index (χ3v) is 5.01. The van der Waals surface area contributed by atoms with Gasteiger partial charge in [-0.05, 0) is 24.7 Å². The van der Waals surface area contributed by atoms with E-state index < -0.39 is 29.9 Å². The van der Waals surface area contributed by atoms with E-state index in [9.17, 15) is 24.0 Å². The van der Waals surface area contributed by atoms with Gasteiger partial charge in [-0.3, -0.25) is 24.1 Å². The fourth-order valence-corrected chi connectivity index (χ4v) is 2.95. The van der Waals surface area contributed by atoms with E-state index in [1.807, 2.05) is 20.8 Å². The van der Waals surface area contributed by atoms with E-state index in [1.54, 1.807) is 20.9 Å². The van der Waals surface area contributed by atoms with Gasteiger partial charge in [-0.25, -0.2) is 4.79 Å². The number of rotatable bonds is 11. The summed E-state index contributed by atoms with van der Waals surface area (Å²) in [6.45, 7) is 9.04. The molecule has 0 aromatic heterocycles. The lowest BCUT2D eigenvalue weighted by atomic mass is 9.99. The summed E-state index contributed by atoms with van der Waals surface area (Å²) in [7, 11) is 4.31. The molecule has 0 rings (SSSR count). The van der Waals surface area contributed by atoms with Crippen molar-refractivity contribution >= 4 is 29.7 Å². The van der Waals surface area contributed by atoms with E-state index in [0.29, 0.717) is 19.3 Å². The van der Waals surface area contributed by atoms with Gasteiger partial charge in [0.2, 0.25) is 17.7 Å². The van der Waals surface area contributed by atoms with Crippen LogP contribution in [0.25, 0.3) is 0 Å². The van der Waals surface area contributed by atoms with Gasteiger partial charge >= 0.3 is 6.03 Å².